The van der Waals surface area contributed by atoms with Gasteiger partial charge >= 0.3 is 0 Å². The fraction of sp³-hybridized carbons (Fsp3) is 0.308. The molecule has 0 amide bonds. The van der Waals surface area contributed by atoms with Crippen molar-refractivity contribution in [1.82, 2.24) is 4.90 Å². The number of ketones is 1. The summed E-state index contributed by atoms with van der Waals surface area (Å²) in [4.78, 5) is 13.5. The molecule has 1 aliphatic rings. The van der Waals surface area contributed by atoms with Crippen molar-refractivity contribution in [3.05, 3.63) is 47.5 Å². The van der Waals surface area contributed by atoms with Gasteiger partial charge in [-0.1, -0.05) is 18.2 Å². The standard InChI is InChI=1S/C13H15NO/c1-3-6-14-8-12-5-4-11(10(2)15)7-13(12)9-14/h3-5,7H,1,6,8-9H2,2H3. The highest BCUT2D eigenvalue weighted by Gasteiger charge is 2.18. The van der Waals surface area contributed by atoms with Crippen molar-refractivity contribution in [3.63, 3.8) is 0 Å². The van der Waals surface area contributed by atoms with Crippen LogP contribution in [0.4, 0.5) is 0 Å². The molecule has 15 heavy (non-hydrogen) atoms. The van der Waals surface area contributed by atoms with Crippen LogP contribution >= 0.6 is 0 Å². The largest absolute Gasteiger partial charge is 0.295 e. The van der Waals surface area contributed by atoms with E-state index in [1.807, 2.05) is 18.2 Å². The molecular weight excluding hydrogens is 186 g/mol. The summed E-state index contributed by atoms with van der Waals surface area (Å²) < 4.78 is 0. The second-order valence-corrected chi connectivity index (χ2v) is 4.00. The Morgan fingerprint density at radius 3 is 2.87 bits per heavy atom. The molecule has 0 spiro atoms. The highest BCUT2D eigenvalue weighted by molar-refractivity contribution is 5.94. The summed E-state index contributed by atoms with van der Waals surface area (Å²) in [7, 11) is 0. The zero-order valence-corrected chi connectivity index (χ0v) is 8.99. The van der Waals surface area contributed by atoms with E-state index < -0.39 is 0 Å². The third-order valence-corrected chi connectivity index (χ3v) is 2.79. The van der Waals surface area contributed by atoms with Crippen LogP contribution in [0.2, 0.25) is 0 Å². The number of rotatable bonds is 3. The molecular formula is C13H15NO. The van der Waals surface area contributed by atoms with Crippen LogP contribution in [0.5, 0.6) is 0 Å². The lowest BCUT2D eigenvalue weighted by molar-refractivity contribution is 0.101. The highest BCUT2D eigenvalue weighted by Crippen LogP contribution is 2.23. The summed E-state index contributed by atoms with van der Waals surface area (Å²) in [5.74, 6) is 0.139. The molecule has 0 radical (unpaired) electrons. The van der Waals surface area contributed by atoms with Gasteiger partial charge in [-0.2, -0.15) is 0 Å². The first kappa shape index (κ1) is 10.1. The van der Waals surface area contributed by atoms with E-state index in [0.29, 0.717) is 0 Å². The molecule has 0 unspecified atom stereocenters. The maximum absolute atomic E-state index is 11.2. The van der Waals surface area contributed by atoms with Crippen molar-refractivity contribution in [2.45, 2.75) is 20.0 Å². The molecule has 0 saturated carbocycles. The first-order valence-electron chi connectivity index (χ1n) is 5.16. The zero-order chi connectivity index (χ0) is 10.8. The van der Waals surface area contributed by atoms with Crippen LogP contribution in [-0.4, -0.2) is 17.2 Å². The summed E-state index contributed by atoms with van der Waals surface area (Å²) in [6.07, 6.45) is 1.91. The van der Waals surface area contributed by atoms with Crippen molar-refractivity contribution >= 4 is 5.78 Å². The van der Waals surface area contributed by atoms with E-state index in [1.165, 1.54) is 11.1 Å². The van der Waals surface area contributed by atoms with E-state index in [1.54, 1.807) is 6.92 Å². The third-order valence-electron chi connectivity index (χ3n) is 2.79. The lowest BCUT2D eigenvalue weighted by atomic mass is 10.0. The second kappa shape index (κ2) is 3.99. The zero-order valence-electron chi connectivity index (χ0n) is 8.99. The van der Waals surface area contributed by atoms with Crippen molar-refractivity contribution < 1.29 is 4.79 Å². The summed E-state index contributed by atoms with van der Waals surface area (Å²) in [6, 6.07) is 5.99. The highest BCUT2D eigenvalue weighted by atomic mass is 16.1. The maximum Gasteiger partial charge on any atom is 0.159 e. The van der Waals surface area contributed by atoms with Crippen LogP contribution in [-0.2, 0) is 13.1 Å². The van der Waals surface area contributed by atoms with Gasteiger partial charge in [0.25, 0.3) is 0 Å². The monoisotopic (exact) mass is 201 g/mol. The minimum absolute atomic E-state index is 0.139. The van der Waals surface area contributed by atoms with Crippen molar-refractivity contribution in [2.75, 3.05) is 6.54 Å². The molecule has 2 heteroatoms. The van der Waals surface area contributed by atoms with Crippen LogP contribution in [0.15, 0.2) is 30.9 Å². The van der Waals surface area contributed by atoms with Crippen LogP contribution in [0.1, 0.15) is 28.4 Å². The van der Waals surface area contributed by atoms with Crippen LogP contribution in [0, 0.1) is 0 Å². The van der Waals surface area contributed by atoms with Crippen molar-refractivity contribution in [2.24, 2.45) is 0 Å². The normalized spacial score (nSPS) is 15.0. The number of carbonyl (C=O) groups is 1. The average molecular weight is 201 g/mol. The van der Waals surface area contributed by atoms with Gasteiger partial charge in [0.1, 0.15) is 0 Å². The Hall–Kier alpha value is -1.41. The van der Waals surface area contributed by atoms with E-state index in [0.717, 1.165) is 25.2 Å². The Morgan fingerprint density at radius 1 is 1.47 bits per heavy atom. The van der Waals surface area contributed by atoms with Crippen LogP contribution < -0.4 is 0 Å². The Bertz CT molecular complexity index is 409. The minimum Gasteiger partial charge on any atom is -0.295 e. The first-order chi connectivity index (χ1) is 7.20. The Kier molecular flexibility index (Phi) is 2.69. The molecule has 0 atom stereocenters. The molecule has 0 fully saturated rings. The van der Waals surface area contributed by atoms with Gasteiger partial charge in [0.2, 0.25) is 0 Å². The summed E-state index contributed by atoms with van der Waals surface area (Å²) in [5.41, 5.74) is 3.43. The van der Waals surface area contributed by atoms with E-state index in [4.69, 9.17) is 0 Å². The fourth-order valence-electron chi connectivity index (χ4n) is 2.00. The van der Waals surface area contributed by atoms with E-state index in [2.05, 4.69) is 17.5 Å². The lowest BCUT2D eigenvalue weighted by Gasteiger charge is -2.10. The molecule has 0 aromatic heterocycles. The summed E-state index contributed by atoms with van der Waals surface area (Å²) >= 11 is 0. The molecule has 0 N–H and O–H groups in total. The van der Waals surface area contributed by atoms with Gasteiger partial charge in [0, 0.05) is 25.2 Å². The first-order valence-corrected chi connectivity index (χ1v) is 5.16. The van der Waals surface area contributed by atoms with Gasteiger partial charge in [0.15, 0.2) is 5.78 Å². The number of fused-ring (bicyclic) bond motifs is 1. The summed E-state index contributed by atoms with van der Waals surface area (Å²) in [6.45, 7) is 8.16. The Morgan fingerprint density at radius 2 is 2.20 bits per heavy atom. The van der Waals surface area contributed by atoms with Crippen molar-refractivity contribution in [3.8, 4) is 0 Å². The molecule has 2 nitrogen and oxygen atoms in total. The SMILES string of the molecule is C=CCN1Cc2ccc(C(C)=O)cc2C1. The molecule has 0 saturated heterocycles. The minimum atomic E-state index is 0.139. The smallest absolute Gasteiger partial charge is 0.159 e. The number of carbonyl (C=O) groups excluding carboxylic acids is 1. The van der Waals surface area contributed by atoms with E-state index >= 15 is 0 Å². The van der Waals surface area contributed by atoms with Gasteiger partial charge in [-0.25, -0.2) is 0 Å². The van der Waals surface area contributed by atoms with Gasteiger partial charge < -0.3 is 0 Å². The predicted octanol–water partition coefficient (Wildman–Crippen LogP) is 2.39. The molecule has 0 aliphatic carbocycles. The predicted molar refractivity (Wildman–Crippen MR) is 60.8 cm³/mol. The number of nitrogens with zero attached hydrogens (tertiary/aromatic N) is 1. The van der Waals surface area contributed by atoms with Crippen LogP contribution in [0.3, 0.4) is 0 Å². The topological polar surface area (TPSA) is 20.3 Å². The number of Topliss-reactive ketones (excluding diaryl/α,β-unsaturated/α-hetero) is 1. The number of hydrogen-bond acceptors (Lipinski definition) is 2. The van der Waals surface area contributed by atoms with Gasteiger partial charge in [0.05, 0.1) is 0 Å². The molecule has 2 rings (SSSR count). The Balaban J connectivity index is 2.23. The average Bonchev–Trinajstić information content (AvgIpc) is 2.59. The van der Waals surface area contributed by atoms with E-state index in [9.17, 15) is 4.79 Å². The number of benzene rings is 1. The molecule has 1 aromatic rings. The van der Waals surface area contributed by atoms with E-state index in [-0.39, 0.29) is 5.78 Å². The van der Waals surface area contributed by atoms with Gasteiger partial charge in [-0.3, -0.25) is 9.69 Å². The van der Waals surface area contributed by atoms with Gasteiger partial charge in [-0.05, 0) is 24.1 Å². The quantitative estimate of drug-likeness (QED) is 0.553. The molecule has 78 valence electrons. The molecule has 1 aromatic carbocycles. The fourth-order valence-corrected chi connectivity index (χ4v) is 2.00. The molecule has 0 bridgehead atoms. The molecule has 1 heterocycles. The third kappa shape index (κ3) is 2.00. The lowest BCUT2D eigenvalue weighted by Crippen LogP contribution is -2.15. The molecule has 1 aliphatic heterocycles. The maximum atomic E-state index is 11.2. The summed E-state index contributed by atoms with van der Waals surface area (Å²) in [5, 5.41) is 0. The van der Waals surface area contributed by atoms with Gasteiger partial charge in [-0.15, -0.1) is 6.58 Å². The van der Waals surface area contributed by atoms with Crippen LogP contribution in [0.25, 0.3) is 0 Å². The second-order valence-electron chi connectivity index (χ2n) is 4.00. The number of hydrogen-bond donors (Lipinski definition) is 0. The Labute approximate surface area is 90.2 Å². The van der Waals surface area contributed by atoms with Crippen molar-refractivity contribution in [1.29, 1.82) is 0 Å².